The van der Waals surface area contributed by atoms with Crippen LogP contribution in [0.5, 0.6) is 0 Å². The smallest absolute Gasteiger partial charge is 0.273 e. The molecule has 4 heteroatoms. The summed E-state index contributed by atoms with van der Waals surface area (Å²) in [5.41, 5.74) is 1.14. The average Bonchev–Trinajstić information content (AvgIpc) is 2.73. The van der Waals surface area contributed by atoms with E-state index in [2.05, 4.69) is 35.4 Å². The van der Waals surface area contributed by atoms with Crippen LogP contribution in [0.15, 0.2) is 83.7 Å². The first-order valence-corrected chi connectivity index (χ1v) is 9.09. The molecule has 0 aliphatic heterocycles. The minimum atomic E-state index is -0.401. The maximum atomic E-state index is 12.7. The molecule has 0 radical (unpaired) electrons. The minimum absolute atomic E-state index is 0.392. The molecule has 0 saturated carbocycles. The van der Waals surface area contributed by atoms with Gasteiger partial charge in [0.15, 0.2) is 0 Å². The molecule has 0 fully saturated rings. The quantitative estimate of drug-likeness (QED) is 0.392. The van der Waals surface area contributed by atoms with Gasteiger partial charge in [-0.2, -0.15) is 9.78 Å². The van der Waals surface area contributed by atoms with Gasteiger partial charge in [0.25, 0.3) is 5.56 Å². The molecule has 5 rings (SSSR count). The van der Waals surface area contributed by atoms with Gasteiger partial charge in [0.2, 0.25) is 5.91 Å². The van der Waals surface area contributed by atoms with Gasteiger partial charge in [-0.3, -0.25) is 9.59 Å². The van der Waals surface area contributed by atoms with Gasteiger partial charge in [-0.15, -0.1) is 0 Å². The van der Waals surface area contributed by atoms with E-state index in [0.29, 0.717) is 11.1 Å². The van der Waals surface area contributed by atoms with Gasteiger partial charge < -0.3 is 0 Å². The molecule has 0 bridgehead atoms. The highest BCUT2D eigenvalue weighted by Crippen LogP contribution is 2.36. The van der Waals surface area contributed by atoms with E-state index in [-0.39, 0.29) is 0 Å². The van der Waals surface area contributed by atoms with Gasteiger partial charge in [0, 0.05) is 17.9 Å². The third-order valence-corrected chi connectivity index (χ3v) is 5.13. The van der Waals surface area contributed by atoms with E-state index in [1.807, 2.05) is 36.4 Å². The van der Waals surface area contributed by atoms with Crippen LogP contribution < -0.4 is 5.56 Å². The molecule has 5 aromatic rings. The Morgan fingerprint density at radius 1 is 0.750 bits per heavy atom. The first-order chi connectivity index (χ1) is 13.6. The number of hydrogen-bond donors (Lipinski definition) is 0. The van der Waals surface area contributed by atoms with Crippen LogP contribution in [-0.4, -0.2) is 15.7 Å². The number of aromatic nitrogens is 2. The lowest BCUT2D eigenvalue weighted by molar-refractivity contribution is 0.0916. The van der Waals surface area contributed by atoms with E-state index in [1.165, 1.54) is 6.92 Å². The molecule has 1 aromatic heterocycles. The van der Waals surface area contributed by atoms with E-state index in [4.69, 9.17) is 0 Å². The van der Waals surface area contributed by atoms with E-state index < -0.39 is 11.5 Å². The molecule has 28 heavy (non-hydrogen) atoms. The minimum Gasteiger partial charge on any atom is -0.273 e. The molecule has 0 atom stereocenters. The predicted octanol–water partition coefficient (Wildman–Crippen LogP) is 5.03. The second-order valence-corrected chi connectivity index (χ2v) is 6.82. The predicted molar refractivity (Wildman–Crippen MR) is 113 cm³/mol. The van der Waals surface area contributed by atoms with Crippen LogP contribution in [0, 0.1) is 0 Å². The number of hydrogen-bond acceptors (Lipinski definition) is 3. The van der Waals surface area contributed by atoms with E-state index in [1.54, 1.807) is 12.1 Å². The first kappa shape index (κ1) is 16.4. The SMILES string of the molecule is CC(=O)n1nc(-c2cc3ccccc3c3ccccc23)c2ccccc2c1=O. The van der Waals surface area contributed by atoms with Crippen molar-refractivity contribution in [3.05, 3.63) is 89.2 Å². The van der Waals surface area contributed by atoms with E-state index >= 15 is 0 Å². The molecule has 4 nitrogen and oxygen atoms in total. The van der Waals surface area contributed by atoms with Gasteiger partial charge >= 0.3 is 0 Å². The summed E-state index contributed by atoms with van der Waals surface area (Å²) >= 11 is 0. The van der Waals surface area contributed by atoms with E-state index in [0.717, 1.165) is 37.2 Å². The molecule has 0 aliphatic carbocycles. The molecule has 0 N–H and O–H groups in total. The second kappa shape index (κ2) is 6.13. The summed E-state index contributed by atoms with van der Waals surface area (Å²) in [5.74, 6) is -0.401. The number of carbonyl (C=O) groups is 1. The zero-order valence-electron chi connectivity index (χ0n) is 15.2. The van der Waals surface area contributed by atoms with Crippen molar-refractivity contribution in [1.29, 1.82) is 0 Å². The Kier molecular flexibility index (Phi) is 3.59. The Morgan fingerprint density at radius 3 is 2.04 bits per heavy atom. The Morgan fingerprint density at radius 2 is 1.32 bits per heavy atom. The van der Waals surface area contributed by atoms with Crippen molar-refractivity contribution in [3.8, 4) is 11.3 Å². The molecule has 1 heterocycles. The molecule has 0 saturated heterocycles. The summed E-state index contributed by atoms with van der Waals surface area (Å²) in [7, 11) is 0. The zero-order chi connectivity index (χ0) is 19.3. The van der Waals surface area contributed by atoms with Crippen LogP contribution in [-0.2, 0) is 0 Å². The van der Waals surface area contributed by atoms with Gasteiger partial charge in [-0.1, -0.05) is 66.7 Å². The normalized spacial score (nSPS) is 11.3. The summed E-state index contributed by atoms with van der Waals surface area (Å²) in [5, 5.41) is 10.1. The maximum Gasteiger partial charge on any atom is 0.281 e. The molecule has 0 spiro atoms. The fourth-order valence-corrected chi connectivity index (χ4v) is 3.85. The first-order valence-electron chi connectivity index (χ1n) is 9.09. The number of carbonyl (C=O) groups excluding carboxylic acids is 1. The number of rotatable bonds is 1. The molecule has 0 unspecified atom stereocenters. The molecule has 0 amide bonds. The van der Waals surface area contributed by atoms with Crippen LogP contribution >= 0.6 is 0 Å². The van der Waals surface area contributed by atoms with E-state index in [9.17, 15) is 9.59 Å². The van der Waals surface area contributed by atoms with Gasteiger partial charge in [-0.25, -0.2) is 0 Å². The van der Waals surface area contributed by atoms with Crippen LogP contribution in [0.25, 0.3) is 43.6 Å². The Bertz CT molecular complexity index is 1460. The summed E-state index contributed by atoms with van der Waals surface area (Å²) < 4.78 is 0.960. The lowest BCUT2D eigenvalue weighted by Crippen LogP contribution is -2.28. The fourth-order valence-electron chi connectivity index (χ4n) is 3.85. The Hall–Kier alpha value is -3.79. The molecule has 134 valence electrons. The van der Waals surface area contributed by atoms with Crippen molar-refractivity contribution < 1.29 is 4.79 Å². The van der Waals surface area contributed by atoms with Crippen molar-refractivity contribution in [3.63, 3.8) is 0 Å². The maximum absolute atomic E-state index is 12.7. The Labute approximate surface area is 160 Å². The summed E-state index contributed by atoms with van der Waals surface area (Å²) in [4.78, 5) is 24.8. The molecule has 0 aliphatic rings. The zero-order valence-corrected chi connectivity index (χ0v) is 15.2. The Balaban J connectivity index is 2.01. The van der Waals surface area contributed by atoms with Crippen LogP contribution in [0.3, 0.4) is 0 Å². The van der Waals surface area contributed by atoms with Crippen molar-refractivity contribution in [2.24, 2.45) is 0 Å². The van der Waals surface area contributed by atoms with Crippen LogP contribution in [0.1, 0.15) is 11.7 Å². The van der Waals surface area contributed by atoms with Crippen molar-refractivity contribution in [1.82, 2.24) is 9.78 Å². The summed E-state index contributed by atoms with van der Waals surface area (Å²) in [6, 6.07) is 25.7. The van der Waals surface area contributed by atoms with Crippen molar-refractivity contribution in [2.75, 3.05) is 0 Å². The molecular formula is C24H16N2O2. The highest BCUT2D eigenvalue weighted by molar-refractivity contribution is 6.15. The lowest BCUT2D eigenvalue weighted by atomic mass is 9.94. The highest BCUT2D eigenvalue weighted by atomic mass is 16.2. The van der Waals surface area contributed by atoms with Crippen LogP contribution in [0.4, 0.5) is 0 Å². The highest BCUT2D eigenvalue weighted by Gasteiger charge is 2.17. The number of fused-ring (bicyclic) bond motifs is 4. The standard InChI is InChI=1S/C24H16N2O2/c1-15(27)26-24(28)21-13-7-6-12-20(21)23(25-26)22-14-16-8-2-3-9-17(16)18-10-4-5-11-19(18)22/h2-14H,1H3. The average molecular weight is 364 g/mol. The monoisotopic (exact) mass is 364 g/mol. The number of benzene rings is 4. The van der Waals surface area contributed by atoms with Gasteiger partial charge in [0.1, 0.15) is 5.69 Å². The van der Waals surface area contributed by atoms with Gasteiger partial charge in [0.05, 0.1) is 5.39 Å². The topological polar surface area (TPSA) is 52.0 Å². The molecule has 4 aromatic carbocycles. The molecular weight excluding hydrogens is 348 g/mol. The van der Waals surface area contributed by atoms with Crippen LogP contribution in [0.2, 0.25) is 0 Å². The largest absolute Gasteiger partial charge is 0.281 e. The second-order valence-electron chi connectivity index (χ2n) is 6.82. The third kappa shape index (κ3) is 2.35. The van der Waals surface area contributed by atoms with Gasteiger partial charge in [-0.05, 0) is 33.7 Å². The number of nitrogens with zero attached hydrogens (tertiary/aromatic N) is 2. The lowest BCUT2D eigenvalue weighted by Gasteiger charge is -2.13. The third-order valence-electron chi connectivity index (χ3n) is 5.13. The van der Waals surface area contributed by atoms with Crippen molar-refractivity contribution >= 4 is 38.2 Å². The fraction of sp³-hybridized carbons (Fsp3) is 0.0417. The summed E-state index contributed by atoms with van der Waals surface area (Å²) in [6.45, 7) is 1.35. The van der Waals surface area contributed by atoms with Crippen molar-refractivity contribution in [2.45, 2.75) is 6.92 Å². The summed E-state index contributed by atoms with van der Waals surface area (Å²) in [6.07, 6.45) is 0.